The Morgan fingerprint density at radius 2 is 1.29 bits per heavy atom. The molecule has 3 aliphatic heterocycles. The molecular weight excluding hydrogens is 685 g/mol. The number of hydrogen-bond donors (Lipinski definition) is 1. The average molecular weight is 730 g/mol. The number of hydrogen-bond acceptors (Lipinski definition) is 9. The summed E-state index contributed by atoms with van der Waals surface area (Å²) < 4.78 is 46.8. The van der Waals surface area contributed by atoms with Crippen molar-refractivity contribution in [3.8, 4) is 0 Å². The first-order chi connectivity index (χ1) is 23.2. The minimum atomic E-state index is -2.59. The number of H-pyrrole nitrogens is 1. The molecule has 49 heavy (non-hydrogen) atoms. The van der Waals surface area contributed by atoms with E-state index in [9.17, 15) is 18.4 Å². The molecule has 4 fully saturated rings. The van der Waals surface area contributed by atoms with Crippen LogP contribution in [0.3, 0.4) is 0 Å². The minimum absolute atomic E-state index is 0. The zero-order chi connectivity index (χ0) is 33.7. The molecule has 1 saturated carbocycles. The number of rotatable bonds is 4. The molecule has 17 heteroatoms. The van der Waals surface area contributed by atoms with E-state index in [0.717, 1.165) is 63.8 Å². The summed E-state index contributed by atoms with van der Waals surface area (Å²) in [5, 5.41) is 8.61. The first-order valence-electron chi connectivity index (χ1n) is 16.6. The highest BCUT2D eigenvalue weighted by Crippen LogP contribution is 2.37. The molecule has 0 bridgehead atoms. The largest absolute Gasteiger partial charge is 0.381 e. The van der Waals surface area contributed by atoms with Gasteiger partial charge in [-0.1, -0.05) is 7.43 Å². The quantitative estimate of drug-likeness (QED) is 0.282. The van der Waals surface area contributed by atoms with Gasteiger partial charge in [0.15, 0.2) is 11.0 Å². The summed E-state index contributed by atoms with van der Waals surface area (Å²) in [7, 11) is 0. The fraction of sp³-hybridized carbons (Fsp3) is 0.688. The fourth-order valence-electron chi connectivity index (χ4n) is 6.54. The molecule has 7 heterocycles. The van der Waals surface area contributed by atoms with Crippen LogP contribution in [0.15, 0.2) is 22.0 Å². The minimum Gasteiger partial charge on any atom is -0.381 e. The number of nitrogens with one attached hydrogen (secondary N) is 1. The van der Waals surface area contributed by atoms with Crippen molar-refractivity contribution in [3.05, 3.63) is 55.3 Å². The number of imidazole rings is 2. The van der Waals surface area contributed by atoms with Crippen LogP contribution in [0.5, 0.6) is 0 Å². The van der Waals surface area contributed by atoms with Crippen LogP contribution >= 0.6 is 23.2 Å². The van der Waals surface area contributed by atoms with E-state index in [4.69, 9.17) is 37.4 Å². The third kappa shape index (κ3) is 9.04. The van der Waals surface area contributed by atoms with Crippen molar-refractivity contribution in [1.82, 2.24) is 38.7 Å². The Hall–Kier alpha value is -2.98. The maximum Gasteiger partial charge on any atom is 0.280 e. The Bertz CT molecular complexity index is 1780. The molecule has 8 rings (SSSR count). The van der Waals surface area contributed by atoms with Crippen LogP contribution in [0.25, 0.3) is 11.0 Å². The lowest BCUT2D eigenvalue weighted by Crippen LogP contribution is -2.32. The number of aromatic nitrogens is 8. The van der Waals surface area contributed by atoms with E-state index in [0.29, 0.717) is 43.6 Å². The van der Waals surface area contributed by atoms with Gasteiger partial charge in [-0.3, -0.25) is 19.1 Å². The first-order valence-corrected chi connectivity index (χ1v) is 17.3. The summed E-state index contributed by atoms with van der Waals surface area (Å²) in [5.41, 5.74) is 0.261. The molecule has 1 aliphatic carbocycles. The van der Waals surface area contributed by atoms with Crippen molar-refractivity contribution in [2.45, 2.75) is 95.9 Å². The predicted octanol–water partition coefficient (Wildman–Crippen LogP) is 5.66. The highest BCUT2D eigenvalue weighted by molar-refractivity contribution is 6.28. The van der Waals surface area contributed by atoms with E-state index in [1.165, 1.54) is 38.8 Å². The fourth-order valence-corrected chi connectivity index (χ4v) is 6.92. The smallest absolute Gasteiger partial charge is 0.280 e. The molecule has 0 atom stereocenters. The predicted molar refractivity (Wildman–Crippen MR) is 180 cm³/mol. The zero-order valence-corrected chi connectivity index (χ0v) is 28.1. The SMILES string of the molecule is C.C1CCOC1.O=c1[nH]c(Cl)nn2c(C3CCOCC3)ncc12.O=c1c2cnc(C3CCOCC3)n2nc(Cl)n1CC1CCC(F)(F)CC1. The molecule has 0 unspecified atom stereocenters. The molecule has 3 saturated heterocycles. The van der Waals surface area contributed by atoms with Crippen LogP contribution in [-0.2, 0) is 20.8 Å². The van der Waals surface area contributed by atoms with Gasteiger partial charge in [-0.2, -0.15) is 0 Å². The van der Waals surface area contributed by atoms with E-state index in [2.05, 4.69) is 25.1 Å². The molecule has 1 N–H and O–H groups in total. The normalized spacial score (nSPS) is 20.3. The molecule has 13 nitrogen and oxygen atoms in total. The summed E-state index contributed by atoms with van der Waals surface area (Å²) >= 11 is 12.0. The van der Waals surface area contributed by atoms with Gasteiger partial charge in [0.2, 0.25) is 16.5 Å². The molecule has 4 aliphatic rings. The summed E-state index contributed by atoms with van der Waals surface area (Å²) in [6.45, 7) is 5.08. The average Bonchev–Trinajstić information content (AvgIpc) is 3.88. The second-order valence-corrected chi connectivity index (χ2v) is 13.3. The molecule has 270 valence electrons. The van der Waals surface area contributed by atoms with Gasteiger partial charge in [0.25, 0.3) is 11.1 Å². The lowest BCUT2D eigenvalue weighted by molar-refractivity contribution is -0.0474. The van der Waals surface area contributed by atoms with E-state index < -0.39 is 5.92 Å². The standard InChI is InChI=1S/C17H21ClF2N4O2.C10H11ClN4O2.C4H8O.CH4/c18-16-22-24-13(9-21-14(24)12-3-7-26-8-4-12)15(25)23(16)10-11-1-5-17(19,20)6-2-11;11-10-13-9(16)7-5-12-8(15(7)14-10)6-1-3-17-4-2-6;1-2-4-5-3-1;/h9,11-12H,1-8,10H2;5-6H,1-4H2,(H,13,14,16);1-4H2;1H4. The molecular formula is C32H44Cl2F2N8O5. The molecule has 4 aromatic rings. The van der Waals surface area contributed by atoms with Crippen LogP contribution in [0.1, 0.15) is 95.1 Å². The Morgan fingerprint density at radius 1 is 0.776 bits per heavy atom. The van der Waals surface area contributed by atoms with Crippen LogP contribution in [0.2, 0.25) is 10.6 Å². The van der Waals surface area contributed by atoms with E-state index in [1.807, 2.05) is 0 Å². The highest BCUT2D eigenvalue weighted by atomic mass is 35.5. The van der Waals surface area contributed by atoms with Crippen molar-refractivity contribution in [2.24, 2.45) is 5.92 Å². The van der Waals surface area contributed by atoms with Gasteiger partial charge < -0.3 is 14.2 Å². The van der Waals surface area contributed by atoms with Gasteiger partial charge >= 0.3 is 0 Å². The maximum absolute atomic E-state index is 13.3. The van der Waals surface area contributed by atoms with E-state index in [1.54, 1.807) is 0 Å². The highest BCUT2D eigenvalue weighted by Gasteiger charge is 2.35. The summed E-state index contributed by atoms with van der Waals surface area (Å²) in [6, 6.07) is 0. The van der Waals surface area contributed by atoms with Gasteiger partial charge in [0, 0.05) is 70.9 Å². The van der Waals surface area contributed by atoms with E-state index in [-0.39, 0.29) is 59.7 Å². The summed E-state index contributed by atoms with van der Waals surface area (Å²) in [4.78, 5) is 35.6. The zero-order valence-electron chi connectivity index (χ0n) is 26.6. The van der Waals surface area contributed by atoms with Crippen molar-refractivity contribution in [3.63, 3.8) is 0 Å². The van der Waals surface area contributed by atoms with Crippen molar-refractivity contribution >= 4 is 34.2 Å². The van der Waals surface area contributed by atoms with Crippen LogP contribution in [-0.4, -0.2) is 84.3 Å². The number of alkyl halides is 2. The first kappa shape index (κ1) is 37.3. The van der Waals surface area contributed by atoms with Gasteiger partial charge in [-0.25, -0.2) is 27.8 Å². The number of nitrogens with zero attached hydrogens (tertiary/aromatic N) is 7. The third-order valence-corrected chi connectivity index (χ3v) is 9.76. The Morgan fingerprint density at radius 3 is 1.82 bits per heavy atom. The number of halogens is 4. The number of aromatic amines is 1. The number of ether oxygens (including phenoxy) is 3. The molecule has 4 aromatic heterocycles. The molecule has 0 amide bonds. The second kappa shape index (κ2) is 16.8. The Balaban J connectivity index is 0.000000174. The third-order valence-electron chi connectivity index (χ3n) is 9.31. The summed E-state index contributed by atoms with van der Waals surface area (Å²) in [6.07, 6.45) is 9.56. The van der Waals surface area contributed by atoms with E-state index >= 15 is 0 Å². The van der Waals surface area contributed by atoms with Gasteiger partial charge in [-0.15, -0.1) is 10.2 Å². The van der Waals surface area contributed by atoms with Crippen LogP contribution < -0.4 is 11.1 Å². The van der Waals surface area contributed by atoms with Gasteiger partial charge in [-0.05, 0) is 80.5 Å². The van der Waals surface area contributed by atoms with Crippen molar-refractivity contribution in [2.75, 3.05) is 39.6 Å². The van der Waals surface area contributed by atoms with Crippen molar-refractivity contribution < 1.29 is 23.0 Å². The molecule has 0 spiro atoms. The Kier molecular flexibility index (Phi) is 12.8. The van der Waals surface area contributed by atoms with Crippen molar-refractivity contribution in [1.29, 1.82) is 0 Å². The Labute approximate surface area is 292 Å². The number of fused-ring (bicyclic) bond motifs is 2. The second-order valence-electron chi connectivity index (χ2n) is 12.6. The molecule has 0 aromatic carbocycles. The lowest BCUT2D eigenvalue weighted by atomic mass is 9.87. The van der Waals surface area contributed by atoms with Crippen LogP contribution in [0, 0.1) is 5.92 Å². The topological polar surface area (TPSA) is 143 Å². The maximum atomic E-state index is 13.3. The molecule has 0 radical (unpaired) electrons. The van der Waals surface area contributed by atoms with Crippen LogP contribution in [0.4, 0.5) is 8.78 Å². The van der Waals surface area contributed by atoms with Gasteiger partial charge in [0.05, 0.1) is 12.4 Å². The summed E-state index contributed by atoms with van der Waals surface area (Å²) in [5.74, 6) is -0.602. The van der Waals surface area contributed by atoms with Gasteiger partial charge in [0.1, 0.15) is 11.6 Å². The monoisotopic (exact) mass is 728 g/mol. The lowest BCUT2D eigenvalue weighted by Gasteiger charge is -2.28.